The van der Waals surface area contributed by atoms with Crippen LogP contribution in [0.25, 0.3) is 0 Å². The molecule has 11 heteroatoms. The van der Waals surface area contributed by atoms with Crippen molar-refractivity contribution < 1.29 is 35.1 Å². The quantitative estimate of drug-likeness (QED) is 0.256. The Kier molecular flexibility index (Phi) is 6.78. The smallest absolute Gasteiger partial charge is 0.348 e. The maximum Gasteiger partial charge on any atom is 0.434 e. The minimum absolute atomic E-state index is 0.124. The van der Waals surface area contributed by atoms with Crippen molar-refractivity contribution in [1.29, 1.82) is 0 Å². The molecule has 0 amide bonds. The lowest BCUT2D eigenvalue weighted by Crippen LogP contribution is -2.39. The molecule has 188 valence electrons. The van der Waals surface area contributed by atoms with E-state index < -0.39 is 40.8 Å². The number of nitrogens with one attached hydrogen (secondary N) is 1. The number of benzene rings is 3. The zero-order valence-electron chi connectivity index (χ0n) is 18.1. The Morgan fingerprint density at radius 2 is 1.33 bits per heavy atom. The van der Waals surface area contributed by atoms with Crippen LogP contribution in [0, 0.1) is 11.6 Å². The lowest BCUT2D eigenvalue weighted by Gasteiger charge is -2.37. The predicted octanol–water partition coefficient (Wildman–Crippen LogP) is 8.06. The van der Waals surface area contributed by atoms with Gasteiger partial charge in [0.1, 0.15) is 11.6 Å². The highest BCUT2D eigenvalue weighted by Crippen LogP contribution is 2.42. The van der Waals surface area contributed by atoms with Crippen molar-refractivity contribution in [3.8, 4) is 0 Å². The molecule has 4 aromatic rings. The SMILES string of the molecule is Fc1ccc(C(Cc2ccccc2)(Nc2nc(C(F)(F)F)cs2)c2cc(F)cc(C(F)(F)F)c2)cc1. The van der Waals surface area contributed by atoms with Crippen LogP contribution in [-0.2, 0) is 24.3 Å². The first-order valence-electron chi connectivity index (χ1n) is 10.4. The van der Waals surface area contributed by atoms with E-state index in [1.54, 1.807) is 30.3 Å². The number of alkyl halides is 6. The summed E-state index contributed by atoms with van der Waals surface area (Å²) in [5.74, 6) is -1.84. The molecule has 0 saturated carbocycles. The summed E-state index contributed by atoms with van der Waals surface area (Å²) < 4.78 is 109. The first-order valence-corrected chi connectivity index (χ1v) is 11.2. The van der Waals surface area contributed by atoms with Gasteiger partial charge in [0.25, 0.3) is 0 Å². The van der Waals surface area contributed by atoms with Gasteiger partial charge in [0.05, 0.1) is 11.1 Å². The summed E-state index contributed by atoms with van der Waals surface area (Å²) in [6, 6.07) is 15.0. The Hall–Kier alpha value is -3.47. The molecule has 36 heavy (non-hydrogen) atoms. The Morgan fingerprint density at radius 1 is 0.694 bits per heavy atom. The molecular formula is C25H16F8N2S. The number of thiazole rings is 1. The van der Waals surface area contributed by atoms with Crippen molar-refractivity contribution in [1.82, 2.24) is 4.98 Å². The van der Waals surface area contributed by atoms with Crippen LogP contribution in [0.4, 0.5) is 40.3 Å². The molecule has 1 N–H and O–H groups in total. The molecule has 1 heterocycles. The number of nitrogens with zero attached hydrogens (tertiary/aromatic N) is 1. The van der Waals surface area contributed by atoms with Crippen molar-refractivity contribution in [3.63, 3.8) is 0 Å². The molecule has 1 aromatic heterocycles. The van der Waals surface area contributed by atoms with Crippen LogP contribution >= 0.6 is 11.3 Å². The summed E-state index contributed by atoms with van der Waals surface area (Å²) in [5.41, 5.74) is -3.70. The molecule has 0 spiro atoms. The first kappa shape index (κ1) is 25.6. The molecule has 3 aromatic carbocycles. The summed E-state index contributed by atoms with van der Waals surface area (Å²) in [4.78, 5) is 3.56. The summed E-state index contributed by atoms with van der Waals surface area (Å²) in [7, 11) is 0. The third kappa shape index (κ3) is 5.51. The normalized spacial score (nSPS) is 13.9. The number of halogens is 8. The van der Waals surface area contributed by atoms with E-state index in [2.05, 4.69) is 10.3 Å². The molecule has 4 rings (SSSR count). The second-order valence-corrected chi connectivity index (χ2v) is 8.82. The van der Waals surface area contributed by atoms with Crippen LogP contribution in [0.2, 0.25) is 0 Å². The van der Waals surface area contributed by atoms with E-state index in [0.717, 1.165) is 29.6 Å². The summed E-state index contributed by atoms with van der Waals surface area (Å²) in [6.45, 7) is 0. The maximum atomic E-state index is 14.6. The van der Waals surface area contributed by atoms with Gasteiger partial charge in [-0.15, -0.1) is 11.3 Å². The van der Waals surface area contributed by atoms with Crippen LogP contribution in [0.15, 0.2) is 78.2 Å². The number of hydrogen-bond acceptors (Lipinski definition) is 3. The van der Waals surface area contributed by atoms with E-state index in [4.69, 9.17) is 0 Å². The van der Waals surface area contributed by atoms with Gasteiger partial charge in [-0.1, -0.05) is 42.5 Å². The zero-order chi connectivity index (χ0) is 26.1. The monoisotopic (exact) mass is 528 g/mol. The molecule has 0 bridgehead atoms. The molecule has 0 radical (unpaired) electrons. The lowest BCUT2D eigenvalue weighted by atomic mass is 9.77. The third-order valence-corrected chi connectivity index (χ3v) is 6.24. The average Bonchev–Trinajstić information content (AvgIpc) is 3.28. The third-order valence-electron chi connectivity index (χ3n) is 5.48. The van der Waals surface area contributed by atoms with Gasteiger partial charge in [-0.3, -0.25) is 0 Å². The largest absolute Gasteiger partial charge is 0.434 e. The standard InChI is InChI=1S/C25H16F8N2S/c26-19-8-6-16(7-9-19)23(13-15-4-2-1-3-5-15,35-22-34-21(14-36-22)25(31,32)33)17-10-18(24(28,29)30)12-20(27)11-17/h1-12,14H,13H2,(H,34,35). The number of aromatic nitrogens is 1. The number of rotatable bonds is 6. The van der Waals surface area contributed by atoms with Crippen molar-refractivity contribution >= 4 is 16.5 Å². The fourth-order valence-corrected chi connectivity index (χ4v) is 4.63. The van der Waals surface area contributed by atoms with Crippen LogP contribution in [0.5, 0.6) is 0 Å². The zero-order valence-corrected chi connectivity index (χ0v) is 18.9. The minimum atomic E-state index is -4.90. The van der Waals surface area contributed by atoms with Gasteiger partial charge >= 0.3 is 12.4 Å². The molecule has 0 fully saturated rings. The van der Waals surface area contributed by atoms with E-state index in [-0.39, 0.29) is 22.7 Å². The lowest BCUT2D eigenvalue weighted by molar-refractivity contribution is -0.140. The molecule has 0 aliphatic heterocycles. The Morgan fingerprint density at radius 3 is 1.92 bits per heavy atom. The van der Waals surface area contributed by atoms with Gasteiger partial charge < -0.3 is 5.32 Å². The van der Waals surface area contributed by atoms with Crippen LogP contribution in [0.3, 0.4) is 0 Å². The van der Waals surface area contributed by atoms with Gasteiger partial charge in [-0.05, 0) is 47.0 Å². The molecule has 0 aliphatic rings. The van der Waals surface area contributed by atoms with Gasteiger partial charge in [-0.25, -0.2) is 13.8 Å². The molecule has 0 saturated heterocycles. The Labute approximate surface area is 204 Å². The van der Waals surface area contributed by atoms with Gasteiger partial charge in [-0.2, -0.15) is 26.3 Å². The number of anilines is 1. The fourth-order valence-electron chi connectivity index (χ4n) is 3.84. The Balaban J connectivity index is 1.98. The summed E-state index contributed by atoms with van der Waals surface area (Å²) in [6.07, 6.45) is -9.78. The van der Waals surface area contributed by atoms with E-state index >= 15 is 0 Å². The topological polar surface area (TPSA) is 24.9 Å². The summed E-state index contributed by atoms with van der Waals surface area (Å²) in [5, 5.41) is 3.34. The Bertz CT molecular complexity index is 1330. The average molecular weight is 528 g/mol. The highest BCUT2D eigenvalue weighted by molar-refractivity contribution is 7.13. The molecular weight excluding hydrogens is 512 g/mol. The molecule has 0 aliphatic carbocycles. The molecule has 1 atom stereocenters. The van der Waals surface area contributed by atoms with E-state index in [0.29, 0.717) is 23.0 Å². The second kappa shape index (κ2) is 9.53. The maximum absolute atomic E-state index is 14.6. The van der Waals surface area contributed by atoms with Crippen LogP contribution in [0.1, 0.15) is 27.9 Å². The molecule has 1 unspecified atom stereocenters. The van der Waals surface area contributed by atoms with Crippen molar-refractivity contribution in [2.45, 2.75) is 24.3 Å². The number of hydrogen-bond donors (Lipinski definition) is 1. The molecule has 2 nitrogen and oxygen atoms in total. The van der Waals surface area contributed by atoms with Crippen molar-refractivity contribution in [3.05, 3.63) is 118 Å². The van der Waals surface area contributed by atoms with Gasteiger partial charge in [0.15, 0.2) is 10.8 Å². The van der Waals surface area contributed by atoms with E-state index in [1.807, 2.05) is 0 Å². The van der Waals surface area contributed by atoms with Crippen molar-refractivity contribution in [2.24, 2.45) is 0 Å². The summed E-state index contributed by atoms with van der Waals surface area (Å²) >= 11 is 0.588. The van der Waals surface area contributed by atoms with Crippen molar-refractivity contribution in [2.75, 3.05) is 5.32 Å². The first-order chi connectivity index (χ1) is 16.9. The predicted molar refractivity (Wildman–Crippen MR) is 119 cm³/mol. The second-order valence-electron chi connectivity index (χ2n) is 7.96. The highest BCUT2D eigenvalue weighted by atomic mass is 32.1. The highest BCUT2D eigenvalue weighted by Gasteiger charge is 2.40. The minimum Gasteiger partial charge on any atom is -0.348 e. The van der Waals surface area contributed by atoms with E-state index in [9.17, 15) is 35.1 Å². The van der Waals surface area contributed by atoms with Gasteiger partial charge in [0, 0.05) is 11.8 Å². The fraction of sp³-hybridized carbons (Fsp3) is 0.160. The van der Waals surface area contributed by atoms with E-state index in [1.165, 1.54) is 12.1 Å². The van der Waals surface area contributed by atoms with Crippen LogP contribution < -0.4 is 5.32 Å². The van der Waals surface area contributed by atoms with Gasteiger partial charge in [0.2, 0.25) is 0 Å². The van der Waals surface area contributed by atoms with Crippen LogP contribution in [-0.4, -0.2) is 4.98 Å².